The molecule has 0 saturated heterocycles. The Morgan fingerprint density at radius 1 is 1.12 bits per heavy atom. The van der Waals surface area contributed by atoms with Crippen LogP contribution in [0.5, 0.6) is 0 Å². The van der Waals surface area contributed by atoms with Gasteiger partial charge in [0.2, 0.25) is 5.28 Å². The Hall–Kier alpha value is -0.630. The van der Waals surface area contributed by atoms with Gasteiger partial charge in [-0.25, -0.2) is 9.97 Å². The van der Waals surface area contributed by atoms with E-state index in [-0.39, 0.29) is 5.41 Å². The van der Waals surface area contributed by atoms with E-state index in [1.54, 1.807) is 0 Å². The minimum absolute atomic E-state index is 0.151. The van der Waals surface area contributed by atoms with E-state index in [0.29, 0.717) is 5.28 Å². The lowest BCUT2D eigenvalue weighted by atomic mass is 9.81. The smallest absolute Gasteiger partial charge is 0.222 e. The SMILES string of the molecule is CCCCCCC(C)(C)c1cnc(Cl)nc1. The first-order valence-electron chi connectivity index (χ1n) is 6.04. The molecule has 90 valence electrons. The molecule has 0 aliphatic heterocycles. The Labute approximate surface area is 103 Å². The Kier molecular flexibility index (Phi) is 5.20. The van der Waals surface area contributed by atoms with Crippen LogP contribution < -0.4 is 0 Å². The van der Waals surface area contributed by atoms with E-state index in [0.717, 1.165) is 0 Å². The maximum absolute atomic E-state index is 5.69. The fourth-order valence-electron chi connectivity index (χ4n) is 1.80. The van der Waals surface area contributed by atoms with Crippen LogP contribution >= 0.6 is 11.6 Å². The highest BCUT2D eigenvalue weighted by Gasteiger charge is 2.20. The number of hydrogen-bond donors (Lipinski definition) is 0. The number of hydrogen-bond acceptors (Lipinski definition) is 2. The topological polar surface area (TPSA) is 25.8 Å². The van der Waals surface area contributed by atoms with Crippen molar-refractivity contribution in [3.8, 4) is 0 Å². The van der Waals surface area contributed by atoms with Crippen molar-refractivity contribution in [3.05, 3.63) is 23.2 Å². The van der Waals surface area contributed by atoms with Gasteiger partial charge in [0.1, 0.15) is 0 Å². The zero-order valence-corrected chi connectivity index (χ0v) is 11.2. The monoisotopic (exact) mass is 240 g/mol. The summed E-state index contributed by atoms with van der Waals surface area (Å²) in [5.74, 6) is 0. The van der Waals surface area contributed by atoms with Crippen molar-refractivity contribution < 1.29 is 0 Å². The van der Waals surface area contributed by atoms with E-state index in [4.69, 9.17) is 11.6 Å². The van der Waals surface area contributed by atoms with E-state index < -0.39 is 0 Å². The van der Waals surface area contributed by atoms with Crippen LogP contribution in [-0.2, 0) is 5.41 Å². The summed E-state index contributed by atoms with van der Waals surface area (Å²) in [5.41, 5.74) is 1.33. The van der Waals surface area contributed by atoms with Crippen LogP contribution in [-0.4, -0.2) is 9.97 Å². The Morgan fingerprint density at radius 2 is 1.75 bits per heavy atom. The maximum atomic E-state index is 5.69. The van der Waals surface area contributed by atoms with Crippen molar-refractivity contribution in [2.24, 2.45) is 0 Å². The highest BCUT2D eigenvalue weighted by molar-refractivity contribution is 6.28. The van der Waals surface area contributed by atoms with Gasteiger partial charge in [0.25, 0.3) is 0 Å². The summed E-state index contributed by atoms with van der Waals surface area (Å²) in [5, 5.41) is 0.325. The van der Waals surface area contributed by atoms with E-state index in [1.165, 1.54) is 37.7 Å². The molecule has 1 aromatic rings. The molecule has 0 fully saturated rings. The van der Waals surface area contributed by atoms with Crippen LogP contribution in [0.4, 0.5) is 0 Å². The number of aromatic nitrogens is 2. The molecule has 0 bridgehead atoms. The van der Waals surface area contributed by atoms with Crippen LogP contribution in [0, 0.1) is 0 Å². The quantitative estimate of drug-likeness (QED) is 0.545. The molecule has 0 amide bonds. The van der Waals surface area contributed by atoms with Crippen LogP contribution in [0.1, 0.15) is 58.4 Å². The summed E-state index contributed by atoms with van der Waals surface area (Å²) < 4.78 is 0. The predicted molar refractivity (Wildman–Crippen MR) is 68.8 cm³/mol. The third kappa shape index (κ3) is 4.09. The second-order valence-corrected chi connectivity index (χ2v) is 5.27. The number of rotatable bonds is 6. The number of nitrogens with zero attached hydrogens (tertiary/aromatic N) is 2. The van der Waals surface area contributed by atoms with Crippen LogP contribution in [0.3, 0.4) is 0 Å². The van der Waals surface area contributed by atoms with Crippen molar-refractivity contribution in [1.82, 2.24) is 9.97 Å². The summed E-state index contributed by atoms with van der Waals surface area (Å²) >= 11 is 5.69. The molecular weight excluding hydrogens is 220 g/mol. The molecule has 0 N–H and O–H groups in total. The van der Waals surface area contributed by atoms with Crippen molar-refractivity contribution in [2.45, 2.75) is 58.3 Å². The Morgan fingerprint density at radius 3 is 2.31 bits per heavy atom. The van der Waals surface area contributed by atoms with Gasteiger partial charge in [-0.05, 0) is 29.0 Å². The summed E-state index contributed by atoms with van der Waals surface area (Å²) in [4.78, 5) is 8.09. The largest absolute Gasteiger partial charge is 0.226 e. The van der Waals surface area contributed by atoms with Crippen molar-refractivity contribution in [2.75, 3.05) is 0 Å². The standard InChI is InChI=1S/C13H21ClN2/c1-4-5-6-7-8-13(2,3)11-9-15-12(14)16-10-11/h9-10H,4-8H2,1-3H3. The van der Waals surface area contributed by atoms with Gasteiger partial charge >= 0.3 is 0 Å². The van der Waals surface area contributed by atoms with Gasteiger partial charge in [-0.1, -0.05) is 46.5 Å². The zero-order valence-electron chi connectivity index (χ0n) is 10.5. The van der Waals surface area contributed by atoms with Gasteiger partial charge in [0.15, 0.2) is 0 Å². The Balaban J connectivity index is 2.52. The lowest BCUT2D eigenvalue weighted by molar-refractivity contribution is 0.443. The van der Waals surface area contributed by atoms with Gasteiger partial charge < -0.3 is 0 Å². The molecule has 0 aromatic carbocycles. The van der Waals surface area contributed by atoms with Crippen LogP contribution in [0.15, 0.2) is 12.4 Å². The molecule has 2 nitrogen and oxygen atoms in total. The van der Waals surface area contributed by atoms with Gasteiger partial charge in [-0.2, -0.15) is 0 Å². The lowest BCUT2D eigenvalue weighted by Crippen LogP contribution is -2.17. The summed E-state index contributed by atoms with van der Waals surface area (Å²) in [6.07, 6.45) is 10.1. The predicted octanol–water partition coefficient (Wildman–Crippen LogP) is 4.38. The highest BCUT2D eigenvalue weighted by Crippen LogP contribution is 2.28. The average Bonchev–Trinajstić information content (AvgIpc) is 2.25. The van der Waals surface area contributed by atoms with Crippen molar-refractivity contribution in [1.29, 1.82) is 0 Å². The van der Waals surface area contributed by atoms with E-state index in [2.05, 4.69) is 30.7 Å². The van der Waals surface area contributed by atoms with Crippen LogP contribution in [0.25, 0.3) is 0 Å². The normalized spacial score (nSPS) is 11.8. The van der Waals surface area contributed by atoms with Crippen LogP contribution in [0.2, 0.25) is 5.28 Å². The molecule has 1 heterocycles. The molecule has 3 heteroatoms. The maximum Gasteiger partial charge on any atom is 0.222 e. The Bertz CT molecular complexity index is 306. The molecular formula is C13H21ClN2. The zero-order chi connectivity index (χ0) is 12.0. The second kappa shape index (κ2) is 6.19. The summed E-state index contributed by atoms with van der Waals surface area (Å²) in [6, 6.07) is 0. The molecule has 0 aliphatic rings. The van der Waals surface area contributed by atoms with E-state index in [9.17, 15) is 0 Å². The van der Waals surface area contributed by atoms with Crippen molar-refractivity contribution in [3.63, 3.8) is 0 Å². The van der Waals surface area contributed by atoms with Gasteiger partial charge in [0, 0.05) is 12.4 Å². The molecule has 0 atom stereocenters. The third-order valence-electron chi connectivity index (χ3n) is 3.06. The molecule has 0 unspecified atom stereocenters. The highest BCUT2D eigenvalue weighted by atomic mass is 35.5. The fraction of sp³-hybridized carbons (Fsp3) is 0.692. The molecule has 0 aliphatic carbocycles. The van der Waals surface area contributed by atoms with E-state index >= 15 is 0 Å². The first-order valence-corrected chi connectivity index (χ1v) is 6.42. The van der Waals surface area contributed by atoms with Crippen molar-refractivity contribution >= 4 is 11.6 Å². The van der Waals surface area contributed by atoms with Gasteiger partial charge in [-0.3, -0.25) is 0 Å². The summed E-state index contributed by atoms with van der Waals surface area (Å²) in [7, 11) is 0. The number of halogens is 1. The average molecular weight is 241 g/mol. The molecule has 16 heavy (non-hydrogen) atoms. The summed E-state index contributed by atoms with van der Waals surface area (Å²) in [6.45, 7) is 6.72. The van der Waals surface area contributed by atoms with E-state index in [1.807, 2.05) is 12.4 Å². The van der Waals surface area contributed by atoms with Gasteiger partial charge in [0.05, 0.1) is 0 Å². The molecule has 1 rings (SSSR count). The molecule has 0 radical (unpaired) electrons. The molecule has 1 aromatic heterocycles. The fourth-order valence-corrected chi connectivity index (χ4v) is 1.90. The minimum atomic E-state index is 0.151. The lowest BCUT2D eigenvalue weighted by Gasteiger charge is -2.24. The second-order valence-electron chi connectivity index (χ2n) is 4.94. The van der Waals surface area contributed by atoms with Gasteiger partial charge in [-0.15, -0.1) is 0 Å². The number of unbranched alkanes of at least 4 members (excludes halogenated alkanes) is 3. The molecule has 0 saturated carbocycles. The third-order valence-corrected chi connectivity index (χ3v) is 3.25. The first-order chi connectivity index (χ1) is 7.56. The molecule has 0 spiro atoms. The minimum Gasteiger partial charge on any atom is -0.226 e. The first kappa shape index (κ1) is 13.4.